The monoisotopic (exact) mass is 343 g/mol. The average molecular weight is 343 g/mol. The number of aliphatic imine (C=N–C) groups is 1. The predicted octanol–water partition coefficient (Wildman–Crippen LogP) is 4.15. The highest BCUT2D eigenvalue weighted by Crippen LogP contribution is 2.17. The third-order valence-corrected chi connectivity index (χ3v) is 3.66. The van der Waals surface area contributed by atoms with Crippen LogP contribution in [0.4, 0.5) is 14.5 Å². The Morgan fingerprint density at radius 2 is 1.76 bits per heavy atom. The number of anilines is 1. The number of benzene rings is 2. The molecule has 0 aromatic heterocycles. The second-order valence-electron chi connectivity index (χ2n) is 5.38. The molecule has 0 spiro atoms. The maximum Gasteiger partial charge on any atom is 0.269 e. The highest BCUT2D eigenvalue weighted by atomic mass is 19.1. The molecule has 130 valence electrons. The van der Waals surface area contributed by atoms with Crippen molar-refractivity contribution < 1.29 is 13.6 Å². The minimum absolute atomic E-state index is 0.0177. The number of carbonyl (C=O) groups is 1. The van der Waals surface area contributed by atoms with Crippen molar-refractivity contribution in [2.45, 2.75) is 26.3 Å². The van der Waals surface area contributed by atoms with Gasteiger partial charge in [-0.25, -0.2) is 8.78 Å². The highest BCUT2D eigenvalue weighted by molar-refractivity contribution is 6.43. The number of rotatable bonds is 7. The fraction of sp³-hybridized carbons (Fsp3) is 0.211. The maximum atomic E-state index is 13.5. The fourth-order valence-electron chi connectivity index (χ4n) is 2.27. The van der Waals surface area contributed by atoms with Crippen LogP contribution in [0, 0.1) is 17.0 Å². The Labute approximate surface area is 145 Å². The highest BCUT2D eigenvalue weighted by Gasteiger charge is 2.14. The summed E-state index contributed by atoms with van der Waals surface area (Å²) in [6.07, 6.45) is 2.35. The number of halogens is 2. The summed E-state index contributed by atoms with van der Waals surface area (Å²) in [5.41, 5.74) is 1.41. The fourth-order valence-corrected chi connectivity index (χ4v) is 2.27. The molecule has 0 saturated heterocycles. The molecule has 0 bridgehead atoms. The summed E-state index contributed by atoms with van der Waals surface area (Å²) in [6, 6.07) is 11.2. The van der Waals surface area contributed by atoms with Gasteiger partial charge < -0.3 is 5.32 Å². The van der Waals surface area contributed by atoms with Crippen molar-refractivity contribution in [2.24, 2.45) is 4.99 Å². The Hall–Kier alpha value is -2.89. The Kier molecular flexibility index (Phi) is 6.51. The molecule has 0 heterocycles. The van der Waals surface area contributed by atoms with Crippen LogP contribution in [-0.2, 0) is 17.8 Å². The van der Waals surface area contributed by atoms with E-state index >= 15 is 0 Å². The molecule has 0 aliphatic heterocycles. The molecule has 2 rings (SSSR count). The molecule has 2 N–H and O–H groups in total. The van der Waals surface area contributed by atoms with Crippen LogP contribution in [0.3, 0.4) is 0 Å². The first-order valence-corrected chi connectivity index (χ1v) is 7.90. The van der Waals surface area contributed by atoms with Crippen molar-refractivity contribution in [3.8, 4) is 0 Å². The summed E-state index contributed by atoms with van der Waals surface area (Å²) in [5, 5.41) is 9.78. The molecule has 25 heavy (non-hydrogen) atoms. The maximum absolute atomic E-state index is 13.5. The van der Waals surface area contributed by atoms with Gasteiger partial charge in [-0.1, -0.05) is 37.3 Å². The molecule has 0 unspecified atom stereocenters. The van der Waals surface area contributed by atoms with Gasteiger partial charge in [-0.3, -0.25) is 15.2 Å². The van der Waals surface area contributed by atoms with E-state index in [0.29, 0.717) is 6.54 Å². The van der Waals surface area contributed by atoms with Crippen molar-refractivity contribution >= 4 is 23.5 Å². The van der Waals surface area contributed by atoms with E-state index in [-0.39, 0.29) is 12.1 Å². The Balaban J connectivity index is 1.90. The molecule has 0 atom stereocenters. The smallest absolute Gasteiger partial charge is 0.269 e. The third kappa shape index (κ3) is 5.04. The van der Waals surface area contributed by atoms with Crippen molar-refractivity contribution in [1.29, 1.82) is 5.41 Å². The van der Waals surface area contributed by atoms with Gasteiger partial charge in [-0.15, -0.1) is 0 Å². The predicted molar refractivity (Wildman–Crippen MR) is 95.3 cm³/mol. The Morgan fingerprint density at radius 1 is 1.12 bits per heavy atom. The molecule has 0 aliphatic rings. The van der Waals surface area contributed by atoms with Crippen molar-refractivity contribution in [3.63, 3.8) is 0 Å². The first kappa shape index (κ1) is 18.4. The van der Waals surface area contributed by atoms with Crippen molar-refractivity contribution in [1.82, 2.24) is 0 Å². The van der Waals surface area contributed by atoms with Crippen LogP contribution < -0.4 is 5.32 Å². The van der Waals surface area contributed by atoms with Crippen LogP contribution >= 0.6 is 0 Å². The number of aryl methyl sites for hydroxylation is 1. The number of nitrogens with one attached hydrogen (secondary N) is 2. The lowest BCUT2D eigenvalue weighted by molar-refractivity contribution is -0.110. The molecule has 0 fully saturated rings. The molecule has 0 radical (unpaired) electrons. The van der Waals surface area contributed by atoms with Gasteiger partial charge in [0.05, 0.1) is 6.54 Å². The zero-order chi connectivity index (χ0) is 18.2. The van der Waals surface area contributed by atoms with Gasteiger partial charge in [-0.2, -0.15) is 0 Å². The van der Waals surface area contributed by atoms with E-state index in [1.54, 1.807) is 0 Å². The first-order valence-electron chi connectivity index (χ1n) is 7.90. The summed E-state index contributed by atoms with van der Waals surface area (Å²) in [4.78, 5) is 16.1. The molecule has 1 amide bonds. The SMILES string of the molecule is CCc1ccccc1CN=CCC(=N)C(=O)Nc1c(F)cccc1F. The normalized spacial score (nSPS) is 10.8. The number of hydrogen-bond donors (Lipinski definition) is 2. The Morgan fingerprint density at radius 3 is 2.40 bits per heavy atom. The summed E-state index contributed by atoms with van der Waals surface area (Å²) < 4.78 is 27.0. The summed E-state index contributed by atoms with van der Waals surface area (Å²) >= 11 is 0. The quantitative estimate of drug-likeness (QED) is 0.729. The van der Waals surface area contributed by atoms with E-state index in [1.807, 2.05) is 24.3 Å². The second kappa shape index (κ2) is 8.82. The third-order valence-electron chi connectivity index (χ3n) is 3.66. The summed E-state index contributed by atoms with van der Waals surface area (Å²) in [6.45, 7) is 2.52. The van der Waals surface area contributed by atoms with Gasteiger partial charge in [0.15, 0.2) is 0 Å². The van der Waals surface area contributed by atoms with Crippen LogP contribution in [0.5, 0.6) is 0 Å². The van der Waals surface area contributed by atoms with Gasteiger partial charge in [-0.05, 0) is 29.7 Å². The van der Waals surface area contributed by atoms with Gasteiger partial charge in [0.2, 0.25) is 0 Å². The largest absolute Gasteiger partial charge is 0.316 e. The van der Waals surface area contributed by atoms with Crippen LogP contribution in [0.15, 0.2) is 47.5 Å². The standard InChI is InChI=1S/C19H19F2N3O/c1-2-13-6-3-4-7-14(13)12-23-11-10-17(22)19(25)24-18-15(20)8-5-9-16(18)21/h3-9,11,22H,2,10,12H2,1H3,(H,24,25). The molecule has 0 saturated carbocycles. The summed E-state index contributed by atoms with van der Waals surface area (Å²) in [7, 11) is 0. The first-order chi connectivity index (χ1) is 12.0. The number of nitrogens with zero attached hydrogens (tertiary/aromatic N) is 1. The van der Waals surface area contributed by atoms with Crippen LogP contribution in [0.2, 0.25) is 0 Å². The van der Waals surface area contributed by atoms with E-state index < -0.39 is 23.2 Å². The molecule has 4 nitrogen and oxygen atoms in total. The van der Waals surface area contributed by atoms with Gasteiger partial charge >= 0.3 is 0 Å². The van der Waals surface area contributed by atoms with E-state index in [2.05, 4.69) is 17.2 Å². The topological polar surface area (TPSA) is 65.3 Å². The molecule has 2 aromatic carbocycles. The van der Waals surface area contributed by atoms with Crippen LogP contribution in [-0.4, -0.2) is 17.8 Å². The second-order valence-corrected chi connectivity index (χ2v) is 5.38. The minimum atomic E-state index is -0.883. The van der Waals surface area contributed by atoms with Crippen molar-refractivity contribution in [2.75, 3.05) is 5.32 Å². The van der Waals surface area contributed by atoms with Crippen molar-refractivity contribution in [3.05, 3.63) is 65.2 Å². The zero-order valence-electron chi connectivity index (χ0n) is 13.9. The van der Waals surface area contributed by atoms with E-state index in [0.717, 1.165) is 24.1 Å². The lowest BCUT2D eigenvalue weighted by Gasteiger charge is -2.07. The van der Waals surface area contributed by atoms with Crippen LogP contribution in [0.25, 0.3) is 0 Å². The lowest BCUT2D eigenvalue weighted by Crippen LogP contribution is -2.23. The number of carbonyl (C=O) groups excluding carboxylic acids is 1. The Bertz CT molecular complexity index is 783. The molecular formula is C19H19F2N3O. The van der Waals surface area contributed by atoms with Gasteiger partial charge in [0.25, 0.3) is 5.91 Å². The number of amides is 1. The van der Waals surface area contributed by atoms with Gasteiger partial charge in [0, 0.05) is 12.6 Å². The minimum Gasteiger partial charge on any atom is -0.316 e. The van der Waals surface area contributed by atoms with Gasteiger partial charge in [0.1, 0.15) is 23.0 Å². The molecular weight excluding hydrogens is 324 g/mol. The number of hydrogen-bond acceptors (Lipinski definition) is 3. The zero-order valence-corrected chi connectivity index (χ0v) is 13.9. The molecule has 6 heteroatoms. The average Bonchev–Trinajstić information content (AvgIpc) is 2.61. The van der Waals surface area contributed by atoms with E-state index in [9.17, 15) is 13.6 Å². The van der Waals surface area contributed by atoms with E-state index in [4.69, 9.17) is 5.41 Å². The molecule has 0 aliphatic carbocycles. The molecule has 2 aromatic rings. The lowest BCUT2D eigenvalue weighted by atomic mass is 10.1. The van der Waals surface area contributed by atoms with Crippen LogP contribution in [0.1, 0.15) is 24.5 Å². The van der Waals surface area contributed by atoms with E-state index in [1.165, 1.54) is 17.8 Å². The summed E-state index contributed by atoms with van der Waals surface area (Å²) in [5.74, 6) is -2.62. The number of para-hydroxylation sites is 1.